The summed E-state index contributed by atoms with van der Waals surface area (Å²) in [6.45, 7) is 4.20. The van der Waals surface area contributed by atoms with Gasteiger partial charge < -0.3 is 14.6 Å². The fourth-order valence-corrected chi connectivity index (χ4v) is 2.34. The molecular formula is C14H13NO3. The Balaban J connectivity index is 2.51. The van der Waals surface area contributed by atoms with Crippen molar-refractivity contribution in [3.05, 3.63) is 45.5 Å². The Morgan fingerprint density at radius 1 is 1.06 bits per heavy atom. The van der Waals surface area contributed by atoms with E-state index in [-0.39, 0.29) is 5.63 Å². The maximum atomic E-state index is 11.4. The quantitative estimate of drug-likeness (QED) is 0.667. The molecule has 4 heteroatoms. The molecule has 18 heavy (non-hydrogen) atoms. The van der Waals surface area contributed by atoms with Crippen molar-refractivity contribution in [2.45, 2.75) is 20.4 Å². The van der Waals surface area contributed by atoms with Crippen molar-refractivity contribution >= 4 is 21.9 Å². The van der Waals surface area contributed by atoms with Gasteiger partial charge in [0.15, 0.2) is 0 Å². The molecule has 0 aliphatic heterocycles. The van der Waals surface area contributed by atoms with Crippen molar-refractivity contribution in [3.63, 3.8) is 0 Å². The zero-order valence-corrected chi connectivity index (χ0v) is 10.2. The smallest absolute Gasteiger partial charge is 0.336 e. The first-order valence-electron chi connectivity index (χ1n) is 5.76. The summed E-state index contributed by atoms with van der Waals surface area (Å²) >= 11 is 0. The van der Waals surface area contributed by atoms with Gasteiger partial charge in [-0.25, -0.2) is 4.79 Å². The zero-order valence-electron chi connectivity index (χ0n) is 10.2. The molecule has 0 radical (unpaired) electrons. The standard InChI is InChI=1S/C14H13NO3/c1-7-3-14(16)18-12-5-13-10(4-9(7)12)11(6-15)8(2)17-13/h3-5H,6,15H2,1-2H3. The summed E-state index contributed by atoms with van der Waals surface area (Å²) in [6, 6.07) is 5.22. The van der Waals surface area contributed by atoms with Gasteiger partial charge in [0.2, 0.25) is 0 Å². The molecule has 0 atom stereocenters. The van der Waals surface area contributed by atoms with E-state index in [1.807, 2.05) is 19.9 Å². The van der Waals surface area contributed by atoms with Crippen LogP contribution in [0.4, 0.5) is 0 Å². The highest BCUT2D eigenvalue weighted by atomic mass is 16.4. The molecule has 0 bridgehead atoms. The minimum atomic E-state index is -0.346. The van der Waals surface area contributed by atoms with Crippen LogP contribution in [0.5, 0.6) is 0 Å². The molecule has 3 aromatic rings. The minimum Gasteiger partial charge on any atom is -0.461 e. The summed E-state index contributed by atoms with van der Waals surface area (Å²) < 4.78 is 10.8. The second-order valence-electron chi connectivity index (χ2n) is 4.43. The molecule has 3 rings (SSSR count). The lowest BCUT2D eigenvalue weighted by atomic mass is 10.1. The summed E-state index contributed by atoms with van der Waals surface area (Å²) in [5, 5.41) is 1.90. The third kappa shape index (κ3) is 1.46. The number of nitrogens with two attached hydrogens (primary N) is 1. The van der Waals surface area contributed by atoms with E-state index in [2.05, 4.69) is 0 Å². The average Bonchev–Trinajstić information content (AvgIpc) is 2.61. The van der Waals surface area contributed by atoms with Crippen molar-refractivity contribution in [2.75, 3.05) is 0 Å². The first-order valence-corrected chi connectivity index (χ1v) is 5.76. The van der Waals surface area contributed by atoms with Crippen LogP contribution < -0.4 is 11.4 Å². The fourth-order valence-electron chi connectivity index (χ4n) is 2.34. The van der Waals surface area contributed by atoms with Crippen LogP contribution in [0.2, 0.25) is 0 Å². The van der Waals surface area contributed by atoms with Gasteiger partial charge in [0.25, 0.3) is 0 Å². The third-order valence-corrected chi connectivity index (χ3v) is 3.27. The molecule has 2 aromatic heterocycles. The van der Waals surface area contributed by atoms with Crippen molar-refractivity contribution in [2.24, 2.45) is 5.73 Å². The van der Waals surface area contributed by atoms with Gasteiger partial charge >= 0.3 is 5.63 Å². The predicted molar refractivity (Wildman–Crippen MR) is 69.6 cm³/mol. The molecule has 0 saturated heterocycles. The molecule has 2 N–H and O–H groups in total. The van der Waals surface area contributed by atoms with Crippen LogP contribution in [0.25, 0.3) is 21.9 Å². The van der Waals surface area contributed by atoms with Crippen molar-refractivity contribution in [3.8, 4) is 0 Å². The van der Waals surface area contributed by atoms with Crippen molar-refractivity contribution < 1.29 is 8.83 Å². The molecule has 1 aromatic carbocycles. The van der Waals surface area contributed by atoms with Gasteiger partial charge in [-0.15, -0.1) is 0 Å². The molecule has 0 spiro atoms. The van der Waals surface area contributed by atoms with Crippen LogP contribution in [-0.4, -0.2) is 0 Å². The molecule has 92 valence electrons. The number of hydrogen-bond acceptors (Lipinski definition) is 4. The zero-order chi connectivity index (χ0) is 12.9. The lowest BCUT2D eigenvalue weighted by Gasteiger charge is -2.00. The Kier molecular flexibility index (Phi) is 2.28. The lowest BCUT2D eigenvalue weighted by molar-refractivity contribution is 0.554. The second-order valence-corrected chi connectivity index (χ2v) is 4.43. The van der Waals surface area contributed by atoms with E-state index in [1.54, 1.807) is 6.07 Å². The fraction of sp³-hybridized carbons (Fsp3) is 0.214. The summed E-state index contributed by atoms with van der Waals surface area (Å²) in [4.78, 5) is 11.4. The van der Waals surface area contributed by atoms with Crippen molar-refractivity contribution in [1.29, 1.82) is 0 Å². The summed E-state index contributed by atoms with van der Waals surface area (Å²) in [5.41, 5.74) is 8.53. The van der Waals surface area contributed by atoms with Crippen LogP contribution in [0.1, 0.15) is 16.9 Å². The van der Waals surface area contributed by atoms with Crippen LogP contribution in [0.3, 0.4) is 0 Å². The Hall–Kier alpha value is -2.07. The number of fused-ring (bicyclic) bond motifs is 2. The molecule has 0 fully saturated rings. The Morgan fingerprint density at radius 2 is 1.78 bits per heavy atom. The van der Waals surface area contributed by atoms with Gasteiger partial charge in [-0.3, -0.25) is 0 Å². The predicted octanol–water partition coefficient (Wildman–Crippen LogP) is 2.61. The minimum absolute atomic E-state index is 0.346. The molecule has 4 nitrogen and oxygen atoms in total. The van der Waals surface area contributed by atoms with E-state index in [0.29, 0.717) is 17.7 Å². The van der Waals surface area contributed by atoms with Crippen LogP contribution in [-0.2, 0) is 6.54 Å². The summed E-state index contributed by atoms with van der Waals surface area (Å²) in [6.07, 6.45) is 0. The number of furan rings is 1. The largest absolute Gasteiger partial charge is 0.461 e. The average molecular weight is 243 g/mol. The Bertz CT molecular complexity index is 811. The third-order valence-electron chi connectivity index (χ3n) is 3.27. The second kappa shape index (κ2) is 3.71. The lowest BCUT2D eigenvalue weighted by Crippen LogP contribution is -1.98. The van der Waals surface area contributed by atoms with E-state index in [1.165, 1.54) is 6.07 Å². The van der Waals surface area contributed by atoms with Gasteiger partial charge in [-0.1, -0.05) is 0 Å². The topological polar surface area (TPSA) is 69.4 Å². The molecule has 0 unspecified atom stereocenters. The van der Waals surface area contributed by atoms with E-state index in [0.717, 1.165) is 27.7 Å². The van der Waals surface area contributed by atoms with Crippen molar-refractivity contribution in [1.82, 2.24) is 0 Å². The number of benzene rings is 1. The SMILES string of the molecule is Cc1oc2cc3oc(=O)cc(C)c3cc2c1CN. The Labute approximate surface area is 103 Å². The van der Waals surface area contributed by atoms with Gasteiger partial charge in [-0.05, 0) is 25.5 Å². The van der Waals surface area contributed by atoms with Crippen LogP contribution in [0.15, 0.2) is 31.8 Å². The number of hydrogen-bond donors (Lipinski definition) is 1. The maximum absolute atomic E-state index is 11.4. The van der Waals surface area contributed by atoms with Gasteiger partial charge in [-0.2, -0.15) is 0 Å². The summed E-state index contributed by atoms with van der Waals surface area (Å²) in [5.74, 6) is 0.808. The number of aryl methyl sites for hydroxylation is 2. The normalized spacial score (nSPS) is 11.5. The van der Waals surface area contributed by atoms with E-state index in [9.17, 15) is 4.79 Å². The molecule has 0 amide bonds. The highest BCUT2D eigenvalue weighted by Gasteiger charge is 2.12. The Morgan fingerprint density at radius 3 is 2.50 bits per heavy atom. The molecule has 0 saturated carbocycles. The molecular weight excluding hydrogens is 230 g/mol. The van der Waals surface area contributed by atoms with E-state index >= 15 is 0 Å². The van der Waals surface area contributed by atoms with Crippen LogP contribution >= 0.6 is 0 Å². The first-order chi connectivity index (χ1) is 8.60. The summed E-state index contributed by atoms with van der Waals surface area (Å²) in [7, 11) is 0. The maximum Gasteiger partial charge on any atom is 0.336 e. The van der Waals surface area contributed by atoms with Crippen LogP contribution in [0, 0.1) is 13.8 Å². The van der Waals surface area contributed by atoms with E-state index < -0.39 is 0 Å². The van der Waals surface area contributed by atoms with Gasteiger partial charge in [0.05, 0.1) is 0 Å². The number of rotatable bonds is 1. The monoisotopic (exact) mass is 243 g/mol. The first kappa shape index (κ1) is 11.0. The van der Waals surface area contributed by atoms with Gasteiger partial charge in [0.1, 0.15) is 16.9 Å². The molecule has 0 aliphatic rings. The highest BCUT2D eigenvalue weighted by molar-refractivity contribution is 5.96. The van der Waals surface area contributed by atoms with Gasteiger partial charge in [0, 0.05) is 35.0 Å². The highest BCUT2D eigenvalue weighted by Crippen LogP contribution is 2.30. The molecule has 0 aliphatic carbocycles. The molecule has 2 heterocycles. The van der Waals surface area contributed by atoms with E-state index in [4.69, 9.17) is 14.6 Å².